The molecule has 0 unspecified atom stereocenters. The fourth-order valence-electron chi connectivity index (χ4n) is 1.88. The van der Waals surface area contributed by atoms with Crippen molar-refractivity contribution in [1.82, 2.24) is 0 Å². The minimum atomic E-state index is -1.48. The highest BCUT2D eigenvalue weighted by Crippen LogP contribution is 2.33. The molecule has 0 radical (unpaired) electrons. The van der Waals surface area contributed by atoms with Gasteiger partial charge in [0.25, 0.3) is 5.60 Å². The van der Waals surface area contributed by atoms with Gasteiger partial charge in [0, 0.05) is 18.1 Å². The molecular weight excluding hydrogens is 254 g/mol. The summed E-state index contributed by atoms with van der Waals surface area (Å²) in [5.74, 6) is -0.614. The maximum Gasteiger partial charge on any atom is 0.339 e. The molecule has 0 aliphatic heterocycles. The molecule has 0 aromatic heterocycles. The van der Waals surface area contributed by atoms with Crippen molar-refractivity contribution < 1.29 is 14.6 Å². The standard InChI is InChI=1S/C16H13NO3/c1-13(18)19-20-16(12-17,14-8-4-2-5-9-14)15-10-6-3-7-11-15/h2-11H,1H3. The third kappa shape index (κ3) is 2.68. The largest absolute Gasteiger partial charge is 0.339 e. The van der Waals surface area contributed by atoms with Crippen LogP contribution in [0.15, 0.2) is 60.7 Å². The molecule has 4 nitrogen and oxygen atoms in total. The summed E-state index contributed by atoms with van der Waals surface area (Å²) in [6.07, 6.45) is 0. The zero-order chi connectivity index (χ0) is 14.4. The number of carbonyl (C=O) groups is 1. The number of nitriles is 1. The third-order valence-electron chi connectivity index (χ3n) is 2.80. The summed E-state index contributed by atoms with van der Waals surface area (Å²) in [6, 6.07) is 19.9. The molecule has 20 heavy (non-hydrogen) atoms. The van der Waals surface area contributed by atoms with Crippen molar-refractivity contribution in [2.45, 2.75) is 12.5 Å². The lowest BCUT2D eigenvalue weighted by Gasteiger charge is -2.25. The Morgan fingerprint density at radius 3 is 1.80 bits per heavy atom. The van der Waals surface area contributed by atoms with Crippen LogP contribution >= 0.6 is 0 Å². The summed E-state index contributed by atoms with van der Waals surface area (Å²) in [7, 11) is 0. The molecule has 0 amide bonds. The van der Waals surface area contributed by atoms with Crippen LogP contribution in [0.4, 0.5) is 0 Å². The van der Waals surface area contributed by atoms with E-state index in [9.17, 15) is 10.1 Å². The Labute approximate surface area is 117 Å². The normalized spacial score (nSPS) is 10.6. The molecule has 2 rings (SSSR count). The van der Waals surface area contributed by atoms with Crippen LogP contribution in [0, 0.1) is 11.3 Å². The molecular formula is C16H13NO3. The lowest BCUT2D eigenvalue weighted by Crippen LogP contribution is -2.30. The first-order valence-corrected chi connectivity index (χ1v) is 6.07. The van der Waals surface area contributed by atoms with Crippen molar-refractivity contribution in [3.05, 3.63) is 71.8 Å². The second kappa shape index (κ2) is 6.00. The predicted octanol–water partition coefficient (Wildman–Crippen LogP) is 2.95. The molecule has 2 aromatic carbocycles. The molecule has 2 aromatic rings. The first kappa shape index (κ1) is 13.8. The van der Waals surface area contributed by atoms with E-state index in [2.05, 4.69) is 11.0 Å². The highest BCUT2D eigenvalue weighted by atomic mass is 17.2. The van der Waals surface area contributed by atoms with Crippen LogP contribution in [0.2, 0.25) is 0 Å². The number of benzene rings is 2. The van der Waals surface area contributed by atoms with E-state index < -0.39 is 11.6 Å². The van der Waals surface area contributed by atoms with Crippen LogP contribution in [0.25, 0.3) is 0 Å². The minimum absolute atomic E-state index is 0.593. The molecule has 0 heterocycles. The number of nitrogens with zero attached hydrogens (tertiary/aromatic N) is 1. The van der Waals surface area contributed by atoms with Crippen LogP contribution in [-0.4, -0.2) is 5.97 Å². The van der Waals surface area contributed by atoms with Gasteiger partial charge in [-0.25, -0.2) is 4.79 Å². The van der Waals surface area contributed by atoms with Crippen molar-refractivity contribution in [3.63, 3.8) is 0 Å². The number of carbonyl (C=O) groups excluding carboxylic acids is 1. The number of hydrogen-bond acceptors (Lipinski definition) is 4. The average Bonchev–Trinajstić information content (AvgIpc) is 2.50. The number of rotatable bonds is 4. The van der Waals surface area contributed by atoms with E-state index >= 15 is 0 Å². The molecule has 0 saturated heterocycles. The monoisotopic (exact) mass is 267 g/mol. The first-order chi connectivity index (χ1) is 9.69. The first-order valence-electron chi connectivity index (χ1n) is 6.07. The zero-order valence-corrected chi connectivity index (χ0v) is 10.9. The lowest BCUT2D eigenvalue weighted by atomic mass is 9.88. The second-order valence-electron chi connectivity index (χ2n) is 4.18. The van der Waals surface area contributed by atoms with Gasteiger partial charge in [-0.2, -0.15) is 10.1 Å². The average molecular weight is 267 g/mol. The topological polar surface area (TPSA) is 59.3 Å². The fourth-order valence-corrected chi connectivity index (χ4v) is 1.88. The van der Waals surface area contributed by atoms with E-state index in [-0.39, 0.29) is 0 Å². The molecule has 0 fully saturated rings. The Kier molecular flexibility index (Phi) is 4.14. The van der Waals surface area contributed by atoms with Gasteiger partial charge >= 0.3 is 5.97 Å². The molecule has 100 valence electrons. The Morgan fingerprint density at radius 2 is 1.45 bits per heavy atom. The Balaban J connectivity index is 2.53. The van der Waals surface area contributed by atoms with Crippen LogP contribution < -0.4 is 0 Å². The molecule has 0 aliphatic carbocycles. The zero-order valence-electron chi connectivity index (χ0n) is 10.9. The van der Waals surface area contributed by atoms with E-state index in [1.165, 1.54) is 6.92 Å². The van der Waals surface area contributed by atoms with Gasteiger partial charge in [-0.1, -0.05) is 60.7 Å². The summed E-state index contributed by atoms with van der Waals surface area (Å²) in [6.45, 7) is 1.22. The maximum atomic E-state index is 11.0. The van der Waals surface area contributed by atoms with E-state index in [0.29, 0.717) is 11.1 Å². The summed E-state index contributed by atoms with van der Waals surface area (Å²) in [5.41, 5.74) is -0.293. The third-order valence-corrected chi connectivity index (χ3v) is 2.80. The van der Waals surface area contributed by atoms with Crippen molar-refractivity contribution in [3.8, 4) is 6.07 Å². The van der Waals surface area contributed by atoms with Gasteiger partial charge in [0.2, 0.25) is 0 Å². The highest BCUT2D eigenvalue weighted by molar-refractivity contribution is 5.65. The Hall–Kier alpha value is -2.64. The predicted molar refractivity (Wildman–Crippen MR) is 72.1 cm³/mol. The van der Waals surface area contributed by atoms with Crippen LogP contribution in [0.3, 0.4) is 0 Å². The van der Waals surface area contributed by atoms with Crippen molar-refractivity contribution in [2.75, 3.05) is 0 Å². The van der Waals surface area contributed by atoms with Crippen LogP contribution in [-0.2, 0) is 20.2 Å². The van der Waals surface area contributed by atoms with E-state index in [0.717, 1.165) is 0 Å². The molecule has 0 N–H and O–H groups in total. The quantitative estimate of drug-likeness (QED) is 0.631. The molecule has 0 aliphatic rings. The van der Waals surface area contributed by atoms with Gasteiger partial charge < -0.3 is 0 Å². The van der Waals surface area contributed by atoms with E-state index in [4.69, 9.17) is 4.89 Å². The van der Waals surface area contributed by atoms with Crippen LogP contribution in [0.1, 0.15) is 18.1 Å². The van der Waals surface area contributed by atoms with E-state index in [1.54, 1.807) is 48.5 Å². The highest BCUT2D eigenvalue weighted by Gasteiger charge is 2.38. The van der Waals surface area contributed by atoms with Gasteiger partial charge in [-0.15, -0.1) is 0 Å². The summed E-state index contributed by atoms with van der Waals surface area (Å²) < 4.78 is 0. The van der Waals surface area contributed by atoms with Gasteiger partial charge in [-0.05, 0) is 0 Å². The second-order valence-corrected chi connectivity index (χ2v) is 4.18. The van der Waals surface area contributed by atoms with Gasteiger partial charge in [0.15, 0.2) is 0 Å². The SMILES string of the molecule is CC(=O)OOC(C#N)(c1ccccc1)c1ccccc1. The maximum absolute atomic E-state index is 11.0. The molecule has 0 spiro atoms. The van der Waals surface area contributed by atoms with Crippen molar-refractivity contribution in [2.24, 2.45) is 0 Å². The molecule has 4 heteroatoms. The lowest BCUT2D eigenvalue weighted by molar-refractivity contribution is -0.311. The van der Waals surface area contributed by atoms with Gasteiger partial charge in [-0.3, -0.25) is 4.89 Å². The molecule has 0 bridgehead atoms. The molecule has 0 saturated carbocycles. The van der Waals surface area contributed by atoms with Gasteiger partial charge in [0.1, 0.15) is 6.07 Å². The summed E-state index contributed by atoms with van der Waals surface area (Å²) in [5, 5.41) is 9.63. The smallest absolute Gasteiger partial charge is 0.296 e. The van der Waals surface area contributed by atoms with Crippen molar-refractivity contribution >= 4 is 5.97 Å². The molecule has 0 atom stereocenters. The minimum Gasteiger partial charge on any atom is -0.296 e. The Bertz CT molecular complexity index is 578. The fraction of sp³-hybridized carbons (Fsp3) is 0.125. The van der Waals surface area contributed by atoms with Crippen LogP contribution in [0.5, 0.6) is 0 Å². The van der Waals surface area contributed by atoms with E-state index in [1.807, 2.05) is 12.1 Å². The summed E-state index contributed by atoms with van der Waals surface area (Å²) in [4.78, 5) is 20.9. The van der Waals surface area contributed by atoms with Crippen molar-refractivity contribution in [1.29, 1.82) is 5.26 Å². The summed E-state index contributed by atoms with van der Waals surface area (Å²) >= 11 is 0. The Morgan fingerprint density at radius 1 is 1.00 bits per heavy atom. The van der Waals surface area contributed by atoms with Gasteiger partial charge in [0.05, 0.1) is 0 Å². The number of hydrogen-bond donors (Lipinski definition) is 0.